The fourth-order valence-electron chi connectivity index (χ4n) is 3.77. The monoisotopic (exact) mass is 383 g/mol. The van der Waals surface area contributed by atoms with Crippen LogP contribution < -0.4 is 4.90 Å². The first kappa shape index (κ1) is 19.1. The molecule has 1 spiro atoms. The number of ether oxygens (including phenoxy) is 3. The van der Waals surface area contributed by atoms with E-state index >= 15 is 0 Å². The van der Waals surface area contributed by atoms with Gasteiger partial charge in [-0.2, -0.15) is 5.26 Å². The van der Waals surface area contributed by atoms with Crippen molar-refractivity contribution in [3.8, 4) is 6.07 Å². The Balaban J connectivity index is 2.43. The number of nitriles is 1. The lowest BCUT2D eigenvalue weighted by atomic mass is 9.64. The number of nitrogens with one attached hydrogen (secondary N) is 1. The van der Waals surface area contributed by atoms with Crippen LogP contribution in [0.15, 0.2) is 35.6 Å². The molecule has 0 radical (unpaired) electrons. The van der Waals surface area contributed by atoms with E-state index in [9.17, 15) is 19.6 Å². The Bertz CT molecular complexity index is 976. The van der Waals surface area contributed by atoms with Gasteiger partial charge in [0.25, 0.3) is 0 Å². The van der Waals surface area contributed by atoms with Gasteiger partial charge in [-0.15, -0.1) is 0 Å². The Labute approximate surface area is 160 Å². The lowest BCUT2D eigenvalue weighted by Crippen LogP contribution is -2.53. The van der Waals surface area contributed by atoms with E-state index in [0.29, 0.717) is 11.3 Å². The Morgan fingerprint density at radius 3 is 2.61 bits per heavy atom. The molecule has 0 aliphatic carbocycles. The van der Waals surface area contributed by atoms with Crippen molar-refractivity contribution in [3.63, 3.8) is 0 Å². The molecule has 1 amide bonds. The molecular weight excluding hydrogens is 366 g/mol. The predicted octanol–water partition coefficient (Wildman–Crippen LogP) is 1.04. The van der Waals surface area contributed by atoms with E-state index in [1.54, 1.807) is 24.3 Å². The summed E-state index contributed by atoms with van der Waals surface area (Å²) in [6, 6.07) is 8.58. The van der Waals surface area contributed by atoms with Crippen molar-refractivity contribution >= 4 is 29.4 Å². The van der Waals surface area contributed by atoms with E-state index in [0.717, 1.165) is 14.2 Å². The Morgan fingerprint density at radius 1 is 1.32 bits per heavy atom. The molecule has 2 heterocycles. The average Bonchev–Trinajstić information content (AvgIpc) is 2.91. The highest BCUT2D eigenvalue weighted by Gasteiger charge is 2.64. The lowest BCUT2D eigenvalue weighted by Gasteiger charge is -2.38. The highest BCUT2D eigenvalue weighted by Crippen LogP contribution is 2.54. The van der Waals surface area contributed by atoms with Gasteiger partial charge in [0.15, 0.2) is 0 Å². The van der Waals surface area contributed by atoms with E-state index in [2.05, 4.69) is 4.74 Å². The smallest absolute Gasteiger partial charge is 0.338 e. The summed E-state index contributed by atoms with van der Waals surface area (Å²) in [6.07, 6.45) is -0.498. The molecule has 2 aliphatic rings. The Kier molecular flexibility index (Phi) is 4.65. The molecule has 0 aromatic heterocycles. The molecule has 9 nitrogen and oxygen atoms in total. The average molecular weight is 383 g/mol. The van der Waals surface area contributed by atoms with Gasteiger partial charge in [0.2, 0.25) is 11.8 Å². The maximum Gasteiger partial charge on any atom is 0.338 e. The highest BCUT2D eigenvalue weighted by atomic mass is 16.5. The van der Waals surface area contributed by atoms with Gasteiger partial charge in [0, 0.05) is 12.7 Å². The predicted molar refractivity (Wildman–Crippen MR) is 95.1 cm³/mol. The van der Waals surface area contributed by atoms with Crippen molar-refractivity contribution in [2.45, 2.75) is 11.8 Å². The number of hydrogen-bond donors (Lipinski definition) is 1. The number of anilines is 1. The molecule has 0 bridgehead atoms. The van der Waals surface area contributed by atoms with Crippen molar-refractivity contribution in [2.75, 3.05) is 26.2 Å². The molecule has 144 valence electrons. The number of rotatable bonds is 3. The Hall–Kier alpha value is -3.67. The first-order valence-corrected chi connectivity index (χ1v) is 8.26. The van der Waals surface area contributed by atoms with Gasteiger partial charge in [-0.05, 0) is 11.6 Å². The topological polar surface area (TPSA) is 130 Å². The van der Waals surface area contributed by atoms with Crippen LogP contribution in [0.5, 0.6) is 0 Å². The number of methoxy groups -OCH3 is 2. The summed E-state index contributed by atoms with van der Waals surface area (Å²) in [6.45, 7) is 0. The van der Waals surface area contributed by atoms with Crippen molar-refractivity contribution in [2.24, 2.45) is 5.92 Å². The number of para-hydroxylation sites is 1. The van der Waals surface area contributed by atoms with Crippen LogP contribution in [-0.4, -0.2) is 45.0 Å². The minimum Gasteiger partial charge on any atom is -0.469 e. The molecular formula is C19H17N3O6. The number of fused-ring (bicyclic) bond motifs is 2. The lowest BCUT2D eigenvalue weighted by molar-refractivity contribution is -0.141. The van der Waals surface area contributed by atoms with Crippen molar-refractivity contribution in [3.05, 3.63) is 41.2 Å². The minimum atomic E-state index is -1.86. The van der Waals surface area contributed by atoms with Gasteiger partial charge in [0.05, 0.1) is 25.9 Å². The van der Waals surface area contributed by atoms with Gasteiger partial charge in [-0.1, -0.05) is 18.2 Å². The molecule has 3 rings (SSSR count). The summed E-state index contributed by atoms with van der Waals surface area (Å²) < 4.78 is 14.9. The maximum absolute atomic E-state index is 13.5. The summed E-state index contributed by atoms with van der Waals surface area (Å²) in [4.78, 5) is 39.4. The molecule has 1 N–H and O–H groups in total. The van der Waals surface area contributed by atoms with Crippen LogP contribution in [0.2, 0.25) is 0 Å². The van der Waals surface area contributed by atoms with E-state index in [-0.39, 0.29) is 11.3 Å². The van der Waals surface area contributed by atoms with Crippen molar-refractivity contribution in [1.82, 2.24) is 0 Å². The summed E-state index contributed by atoms with van der Waals surface area (Å²) in [7, 11) is 3.79. The number of amides is 1. The molecule has 9 heteroatoms. The normalized spacial score (nSPS) is 23.2. The van der Waals surface area contributed by atoms with Crippen LogP contribution in [0.25, 0.3) is 0 Å². The van der Waals surface area contributed by atoms with E-state index in [4.69, 9.17) is 14.9 Å². The molecule has 0 saturated carbocycles. The number of likely N-dealkylation sites (N-methyl/N-ethyl adjacent to an activating group) is 1. The van der Waals surface area contributed by atoms with Gasteiger partial charge in [0.1, 0.15) is 23.5 Å². The molecule has 0 saturated heterocycles. The third kappa shape index (κ3) is 2.38. The van der Waals surface area contributed by atoms with E-state index in [1.165, 1.54) is 11.9 Å². The van der Waals surface area contributed by atoms with Crippen LogP contribution in [-0.2, 0) is 34.0 Å². The van der Waals surface area contributed by atoms with Crippen LogP contribution >= 0.6 is 0 Å². The van der Waals surface area contributed by atoms with Gasteiger partial charge < -0.3 is 19.1 Å². The standard InChI is InChI=1S/C19H17N3O6/c1-22-12-7-5-4-6-10(12)19(18(22)25)11(9-20)16(21)28-13(8-14(23)26-2)15(19)17(24)27-3/h4-7,11,21H,8H2,1-3H3. The number of hydrogen-bond acceptors (Lipinski definition) is 8. The number of nitrogens with zero attached hydrogens (tertiary/aromatic N) is 2. The largest absolute Gasteiger partial charge is 0.469 e. The molecule has 0 fully saturated rings. The second kappa shape index (κ2) is 6.81. The van der Waals surface area contributed by atoms with Gasteiger partial charge >= 0.3 is 11.9 Å². The Morgan fingerprint density at radius 2 is 2.00 bits per heavy atom. The van der Waals surface area contributed by atoms with Crippen LogP contribution in [0, 0.1) is 22.7 Å². The quantitative estimate of drug-likeness (QED) is 0.772. The third-order valence-electron chi connectivity index (χ3n) is 4.98. The number of carbonyl (C=O) groups is 3. The van der Waals surface area contributed by atoms with E-state index < -0.39 is 41.5 Å². The molecule has 1 aromatic carbocycles. The zero-order valence-corrected chi connectivity index (χ0v) is 15.4. The van der Waals surface area contributed by atoms with Crippen LogP contribution in [0.4, 0.5) is 5.69 Å². The summed E-state index contributed by atoms with van der Waals surface area (Å²) in [5.41, 5.74) is -1.28. The van der Waals surface area contributed by atoms with Crippen molar-refractivity contribution < 1.29 is 28.6 Å². The van der Waals surface area contributed by atoms with Gasteiger partial charge in [-0.25, -0.2) is 4.79 Å². The first-order valence-electron chi connectivity index (χ1n) is 8.26. The zero-order chi connectivity index (χ0) is 20.6. The number of benzene rings is 1. The molecule has 2 unspecified atom stereocenters. The fourth-order valence-corrected chi connectivity index (χ4v) is 3.77. The zero-order valence-electron chi connectivity index (χ0n) is 15.4. The SMILES string of the molecule is COC(=O)CC1=C(C(=O)OC)C2(C(=O)N(C)c3ccccc32)C(C#N)C(=N)O1. The van der Waals surface area contributed by atoms with Crippen LogP contribution in [0.1, 0.15) is 12.0 Å². The summed E-state index contributed by atoms with van der Waals surface area (Å²) in [5, 5.41) is 18.0. The summed E-state index contributed by atoms with van der Waals surface area (Å²) in [5.74, 6) is -4.44. The van der Waals surface area contributed by atoms with Gasteiger partial charge in [-0.3, -0.25) is 15.0 Å². The fraction of sp³-hybridized carbons (Fsp3) is 0.316. The third-order valence-corrected chi connectivity index (χ3v) is 4.98. The molecule has 2 atom stereocenters. The number of esters is 2. The molecule has 28 heavy (non-hydrogen) atoms. The maximum atomic E-state index is 13.5. The highest BCUT2D eigenvalue weighted by molar-refractivity contribution is 6.18. The van der Waals surface area contributed by atoms with Crippen molar-refractivity contribution in [1.29, 1.82) is 10.7 Å². The second-order valence-corrected chi connectivity index (χ2v) is 6.26. The first-order chi connectivity index (χ1) is 13.3. The number of carbonyl (C=O) groups excluding carboxylic acids is 3. The van der Waals surface area contributed by atoms with Crippen LogP contribution in [0.3, 0.4) is 0 Å². The van der Waals surface area contributed by atoms with E-state index in [1.807, 2.05) is 6.07 Å². The second-order valence-electron chi connectivity index (χ2n) is 6.26. The molecule has 1 aromatic rings. The summed E-state index contributed by atoms with van der Waals surface area (Å²) >= 11 is 0. The molecule has 2 aliphatic heterocycles. The minimum absolute atomic E-state index is 0.242.